The maximum Gasteiger partial charge on any atom is 0.214 e. The Morgan fingerprint density at radius 1 is 0.788 bits per heavy atom. The fourth-order valence-electron chi connectivity index (χ4n) is 4.38. The third kappa shape index (κ3) is 3.69. The van der Waals surface area contributed by atoms with Crippen LogP contribution in [0.5, 0.6) is 28.7 Å². The summed E-state index contributed by atoms with van der Waals surface area (Å²) < 4.78 is 28.2. The van der Waals surface area contributed by atoms with E-state index in [4.69, 9.17) is 28.8 Å². The van der Waals surface area contributed by atoms with Gasteiger partial charge in [0.15, 0.2) is 11.5 Å². The lowest BCUT2D eigenvalue weighted by Crippen LogP contribution is -2.33. The van der Waals surface area contributed by atoms with Crippen molar-refractivity contribution in [3.05, 3.63) is 77.4 Å². The van der Waals surface area contributed by atoms with Gasteiger partial charge in [0.05, 0.1) is 40.2 Å². The molecule has 0 saturated carbocycles. The van der Waals surface area contributed by atoms with Crippen molar-refractivity contribution >= 4 is 5.71 Å². The van der Waals surface area contributed by atoms with Crippen LogP contribution in [-0.4, -0.2) is 39.2 Å². The van der Waals surface area contributed by atoms with Crippen molar-refractivity contribution in [2.45, 2.75) is 18.7 Å². The number of hydrogen-bond donors (Lipinski definition) is 0. The first-order valence-corrected chi connectivity index (χ1v) is 10.7. The zero-order valence-electron chi connectivity index (χ0n) is 19.1. The second-order valence-corrected chi connectivity index (χ2v) is 7.86. The van der Waals surface area contributed by atoms with E-state index in [1.165, 1.54) is 0 Å². The molecule has 0 radical (unpaired) electrons. The summed E-state index contributed by atoms with van der Waals surface area (Å²) in [5, 5.41) is 7.05. The monoisotopic (exact) mass is 446 g/mol. The van der Waals surface area contributed by atoms with E-state index in [0.717, 1.165) is 46.1 Å². The highest BCUT2D eigenvalue weighted by Crippen LogP contribution is 2.49. The van der Waals surface area contributed by atoms with Gasteiger partial charge in [-0.3, -0.25) is 0 Å². The van der Waals surface area contributed by atoms with Crippen LogP contribution in [0.1, 0.15) is 35.4 Å². The highest BCUT2D eigenvalue weighted by molar-refractivity contribution is 6.02. The molecule has 0 aliphatic carbocycles. The van der Waals surface area contributed by atoms with Crippen LogP contribution < -0.4 is 23.7 Å². The van der Waals surface area contributed by atoms with E-state index in [9.17, 15) is 0 Å². The average molecular weight is 447 g/mol. The molecule has 0 spiro atoms. The Morgan fingerprint density at radius 3 is 2.21 bits per heavy atom. The first-order chi connectivity index (χ1) is 16.1. The molecule has 0 unspecified atom stereocenters. The van der Waals surface area contributed by atoms with Gasteiger partial charge in [0.1, 0.15) is 17.2 Å². The fraction of sp³-hybridized carbons (Fsp3) is 0.269. The van der Waals surface area contributed by atoms with Crippen molar-refractivity contribution in [3.63, 3.8) is 0 Å². The maximum absolute atomic E-state index is 6.47. The van der Waals surface area contributed by atoms with Gasteiger partial charge in [-0.05, 0) is 66.2 Å². The molecular weight excluding hydrogens is 420 g/mol. The minimum absolute atomic E-state index is 0.0130. The summed E-state index contributed by atoms with van der Waals surface area (Å²) in [6.07, 6.45) is 0.339. The molecule has 170 valence electrons. The summed E-state index contributed by atoms with van der Waals surface area (Å²) in [7, 11) is 6.59. The molecule has 3 aromatic carbocycles. The number of hydrazone groups is 1. The van der Waals surface area contributed by atoms with Gasteiger partial charge in [0.2, 0.25) is 6.23 Å². The van der Waals surface area contributed by atoms with E-state index in [2.05, 4.69) is 0 Å². The van der Waals surface area contributed by atoms with Crippen LogP contribution in [0.4, 0.5) is 0 Å². The van der Waals surface area contributed by atoms with E-state index >= 15 is 0 Å². The molecule has 2 aliphatic rings. The van der Waals surface area contributed by atoms with E-state index in [0.29, 0.717) is 11.5 Å². The Labute approximate surface area is 193 Å². The van der Waals surface area contributed by atoms with Crippen LogP contribution >= 0.6 is 0 Å². The highest BCUT2D eigenvalue weighted by Gasteiger charge is 2.41. The molecule has 7 heteroatoms. The zero-order chi connectivity index (χ0) is 22.9. The van der Waals surface area contributed by atoms with E-state index in [-0.39, 0.29) is 6.04 Å². The number of nitrogens with zero attached hydrogens (tertiary/aromatic N) is 2. The summed E-state index contributed by atoms with van der Waals surface area (Å²) in [4.78, 5) is 0. The van der Waals surface area contributed by atoms with Crippen LogP contribution in [0.3, 0.4) is 0 Å². The van der Waals surface area contributed by atoms with Crippen LogP contribution in [0, 0.1) is 0 Å². The van der Waals surface area contributed by atoms with Gasteiger partial charge in [-0.15, -0.1) is 0 Å². The molecule has 5 rings (SSSR count). The van der Waals surface area contributed by atoms with Gasteiger partial charge >= 0.3 is 0 Å². The second kappa shape index (κ2) is 8.58. The lowest BCUT2D eigenvalue weighted by atomic mass is 9.95. The molecule has 0 bridgehead atoms. The zero-order valence-corrected chi connectivity index (χ0v) is 19.1. The molecule has 0 aromatic heterocycles. The van der Waals surface area contributed by atoms with Crippen molar-refractivity contribution in [2.24, 2.45) is 5.10 Å². The normalized spacial score (nSPS) is 18.5. The Morgan fingerprint density at radius 2 is 1.52 bits per heavy atom. The molecular formula is C26H26N2O5. The Balaban J connectivity index is 1.58. The molecule has 0 fully saturated rings. The Bertz CT molecular complexity index is 1190. The molecule has 0 amide bonds. The summed E-state index contributed by atoms with van der Waals surface area (Å²) in [5.41, 5.74) is 4.03. The molecule has 0 N–H and O–H groups in total. The van der Waals surface area contributed by atoms with E-state index in [1.54, 1.807) is 28.4 Å². The average Bonchev–Trinajstić information content (AvgIpc) is 3.33. The van der Waals surface area contributed by atoms with Crippen LogP contribution in [0.25, 0.3) is 0 Å². The predicted octanol–water partition coefficient (Wildman–Crippen LogP) is 4.96. The fourth-order valence-corrected chi connectivity index (χ4v) is 4.38. The van der Waals surface area contributed by atoms with Crippen molar-refractivity contribution in [2.75, 3.05) is 28.4 Å². The standard InChI is InChI=1S/C26H26N2O5/c1-29-18-8-5-16(6-9-18)21-15-22-20-14-19(30-2)10-12-23(20)33-26(28(22)27-21)17-7-11-24(31-3)25(13-17)32-4/h5-14,22,26H,15H2,1-4H3/t22-,26-/m1/s1. The van der Waals surface area contributed by atoms with Crippen molar-refractivity contribution in [1.82, 2.24) is 5.01 Å². The number of rotatable bonds is 6. The first-order valence-electron chi connectivity index (χ1n) is 10.7. The third-order valence-corrected chi connectivity index (χ3v) is 6.11. The van der Waals surface area contributed by atoms with Gasteiger partial charge in [-0.2, -0.15) is 5.10 Å². The first kappa shape index (κ1) is 21.0. The minimum Gasteiger partial charge on any atom is -0.497 e. The number of ether oxygens (including phenoxy) is 5. The van der Waals surface area contributed by atoms with Crippen molar-refractivity contribution in [3.8, 4) is 28.7 Å². The quantitative estimate of drug-likeness (QED) is 0.533. The molecule has 3 aromatic rings. The smallest absolute Gasteiger partial charge is 0.214 e. The largest absolute Gasteiger partial charge is 0.497 e. The Hall–Kier alpha value is -3.87. The molecule has 2 heterocycles. The number of fused-ring (bicyclic) bond motifs is 3. The van der Waals surface area contributed by atoms with E-state index < -0.39 is 6.23 Å². The van der Waals surface area contributed by atoms with Gasteiger partial charge < -0.3 is 23.7 Å². The minimum atomic E-state index is -0.411. The number of hydrogen-bond acceptors (Lipinski definition) is 7. The lowest BCUT2D eigenvalue weighted by Gasteiger charge is -2.38. The van der Waals surface area contributed by atoms with Crippen LogP contribution in [0.2, 0.25) is 0 Å². The van der Waals surface area contributed by atoms with Crippen molar-refractivity contribution in [1.29, 1.82) is 0 Å². The molecule has 2 aliphatic heterocycles. The van der Waals surface area contributed by atoms with Crippen molar-refractivity contribution < 1.29 is 23.7 Å². The predicted molar refractivity (Wildman–Crippen MR) is 125 cm³/mol. The molecule has 2 atom stereocenters. The van der Waals surface area contributed by atoms with E-state index in [1.807, 2.05) is 65.7 Å². The highest BCUT2D eigenvalue weighted by atomic mass is 16.5. The second-order valence-electron chi connectivity index (χ2n) is 7.86. The Kier molecular flexibility index (Phi) is 5.46. The van der Waals surface area contributed by atoms with Gasteiger partial charge in [0, 0.05) is 17.5 Å². The number of benzene rings is 3. The third-order valence-electron chi connectivity index (χ3n) is 6.11. The lowest BCUT2D eigenvalue weighted by molar-refractivity contribution is -0.0193. The van der Waals surface area contributed by atoms with Gasteiger partial charge in [-0.25, -0.2) is 5.01 Å². The van der Waals surface area contributed by atoms with Crippen LogP contribution in [-0.2, 0) is 0 Å². The number of methoxy groups -OCH3 is 4. The summed E-state index contributed by atoms with van der Waals surface area (Å²) >= 11 is 0. The SMILES string of the molecule is COc1ccc(C2=NN3[C@H](C2)c2cc(OC)ccc2O[C@@H]3c2ccc(OC)c(OC)c2)cc1. The topological polar surface area (TPSA) is 61.8 Å². The molecule has 7 nitrogen and oxygen atoms in total. The molecule has 33 heavy (non-hydrogen) atoms. The van der Waals surface area contributed by atoms with Gasteiger partial charge in [-0.1, -0.05) is 0 Å². The van der Waals surface area contributed by atoms with Crippen LogP contribution in [0.15, 0.2) is 65.8 Å². The summed E-state index contributed by atoms with van der Waals surface area (Å²) in [6.45, 7) is 0. The maximum atomic E-state index is 6.47. The summed E-state index contributed by atoms with van der Waals surface area (Å²) in [6, 6.07) is 19.7. The van der Waals surface area contributed by atoms with Gasteiger partial charge in [0.25, 0.3) is 0 Å². The molecule has 0 saturated heterocycles. The summed E-state index contributed by atoms with van der Waals surface area (Å²) in [5.74, 6) is 3.75.